The van der Waals surface area contributed by atoms with Gasteiger partial charge in [-0.25, -0.2) is 0 Å². The summed E-state index contributed by atoms with van der Waals surface area (Å²) in [6, 6.07) is 10.8. The number of nitrogens with one attached hydrogen (secondary N) is 2. The SMILES string of the molecule is COc1ccc(CC(=O)NNC(=O)COc2c(C)cc(Br)cc2Br)cc1. The second kappa shape index (κ2) is 9.59. The van der Waals surface area contributed by atoms with E-state index in [1.165, 1.54) is 0 Å². The molecule has 2 amide bonds. The van der Waals surface area contributed by atoms with E-state index < -0.39 is 5.91 Å². The van der Waals surface area contributed by atoms with Gasteiger partial charge in [0.15, 0.2) is 6.61 Å². The van der Waals surface area contributed by atoms with Crippen molar-refractivity contribution < 1.29 is 19.1 Å². The second-order valence-corrected chi connectivity index (χ2v) is 7.21. The lowest BCUT2D eigenvalue weighted by Crippen LogP contribution is -2.44. The average Bonchev–Trinajstić information content (AvgIpc) is 2.59. The van der Waals surface area contributed by atoms with E-state index in [1.54, 1.807) is 31.4 Å². The van der Waals surface area contributed by atoms with Crippen molar-refractivity contribution in [1.82, 2.24) is 10.9 Å². The summed E-state index contributed by atoms with van der Waals surface area (Å²) < 4.78 is 12.2. The van der Waals surface area contributed by atoms with Crippen LogP contribution in [0.2, 0.25) is 0 Å². The summed E-state index contributed by atoms with van der Waals surface area (Å²) in [5.74, 6) is 0.508. The Morgan fingerprint density at radius 3 is 2.31 bits per heavy atom. The number of ether oxygens (including phenoxy) is 2. The highest BCUT2D eigenvalue weighted by molar-refractivity contribution is 9.11. The van der Waals surface area contributed by atoms with Crippen molar-refractivity contribution in [2.24, 2.45) is 0 Å². The summed E-state index contributed by atoms with van der Waals surface area (Å²) in [5.41, 5.74) is 6.38. The minimum atomic E-state index is -0.456. The molecular weight excluding hydrogens is 468 g/mol. The number of benzene rings is 2. The molecule has 0 aliphatic carbocycles. The molecule has 0 aliphatic rings. The normalized spacial score (nSPS) is 10.2. The maximum atomic E-state index is 11.9. The molecule has 0 atom stereocenters. The summed E-state index contributed by atoms with van der Waals surface area (Å²) in [7, 11) is 1.58. The molecule has 0 saturated carbocycles. The van der Waals surface area contributed by atoms with E-state index in [4.69, 9.17) is 9.47 Å². The molecule has 0 aliphatic heterocycles. The molecule has 2 rings (SSSR count). The van der Waals surface area contributed by atoms with Gasteiger partial charge in [0.25, 0.3) is 5.91 Å². The molecule has 0 bridgehead atoms. The number of aryl methyl sites for hydroxylation is 1. The molecule has 0 heterocycles. The van der Waals surface area contributed by atoms with Crippen molar-refractivity contribution in [3.8, 4) is 11.5 Å². The number of hydrogen-bond acceptors (Lipinski definition) is 4. The van der Waals surface area contributed by atoms with Gasteiger partial charge >= 0.3 is 0 Å². The van der Waals surface area contributed by atoms with Gasteiger partial charge in [0.2, 0.25) is 5.91 Å². The largest absolute Gasteiger partial charge is 0.497 e. The zero-order valence-electron chi connectivity index (χ0n) is 14.3. The van der Waals surface area contributed by atoms with Crippen molar-refractivity contribution in [3.05, 3.63) is 56.5 Å². The molecule has 138 valence electrons. The number of carbonyl (C=O) groups is 2. The first-order valence-corrected chi connectivity index (χ1v) is 9.26. The number of methoxy groups -OCH3 is 1. The predicted molar refractivity (Wildman–Crippen MR) is 105 cm³/mol. The van der Waals surface area contributed by atoms with Crippen LogP contribution >= 0.6 is 31.9 Å². The molecule has 6 nitrogen and oxygen atoms in total. The van der Waals surface area contributed by atoms with Gasteiger partial charge in [-0.15, -0.1) is 0 Å². The topological polar surface area (TPSA) is 76.7 Å². The summed E-state index contributed by atoms with van der Waals surface area (Å²) >= 11 is 6.78. The molecule has 2 aromatic rings. The summed E-state index contributed by atoms with van der Waals surface area (Å²) in [6.45, 7) is 1.66. The quantitative estimate of drug-likeness (QED) is 0.615. The molecular formula is C18H18Br2N2O4. The molecule has 8 heteroatoms. The summed E-state index contributed by atoms with van der Waals surface area (Å²) in [5, 5.41) is 0. The van der Waals surface area contributed by atoms with Gasteiger partial charge in [-0.1, -0.05) is 28.1 Å². The molecule has 0 fully saturated rings. The van der Waals surface area contributed by atoms with Crippen LogP contribution in [0, 0.1) is 6.92 Å². The lowest BCUT2D eigenvalue weighted by atomic mass is 10.1. The van der Waals surface area contributed by atoms with Gasteiger partial charge in [-0.3, -0.25) is 20.4 Å². The number of carbonyl (C=O) groups excluding carboxylic acids is 2. The standard InChI is InChI=1S/C18H18Br2N2O4/c1-11-7-13(19)9-15(20)18(11)26-10-17(24)22-21-16(23)8-12-3-5-14(25-2)6-4-12/h3-7,9H,8,10H2,1-2H3,(H,21,23)(H,22,24). The van der Waals surface area contributed by atoms with Crippen LogP contribution in [-0.4, -0.2) is 25.5 Å². The van der Waals surface area contributed by atoms with E-state index in [9.17, 15) is 9.59 Å². The maximum Gasteiger partial charge on any atom is 0.276 e. The maximum absolute atomic E-state index is 11.9. The van der Waals surface area contributed by atoms with E-state index in [2.05, 4.69) is 42.7 Å². The fourth-order valence-electron chi connectivity index (χ4n) is 2.16. The van der Waals surface area contributed by atoms with E-state index >= 15 is 0 Å². The monoisotopic (exact) mass is 484 g/mol. The lowest BCUT2D eigenvalue weighted by Gasteiger charge is -2.12. The van der Waals surface area contributed by atoms with Gasteiger partial charge in [0.05, 0.1) is 18.0 Å². The minimum Gasteiger partial charge on any atom is -0.497 e. The van der Waals surface area contributed by atoms with Crippen molar-refractivity contribution >= 4 is 43.7 Å². The van der Waals surface area contributed by atoms with Crippen molar-refractivity contribution in [1.29, 1.82) is 0 Å². The van der Waals surface area contributed by atoms with Crippen molar-refractivity contribution in [3.63, 3.8) is 0 Å². The Kier molecular flexibility index (Phi) is 7.47. The smallest absolute Gasteiger partial charge is 0.276 e. The number of rotatable bonds is 6. The summed E-state index contributed by atoms with van der Waals surface area (Å²) in [4.78, 5) is 23.7. The van der Waals surface area contributed by atoms with Crippen LogP contribution in [0.25, 0.3) is 0 Å². The third-order valence-corrected chi connectivity index (χ3v) is 4.45. The van der Waals surface area contributed by atoms with Crippen LogP contribution < -0.4 is 20.3 Å². The van der Waals surface area contributed by atoms with Crippen LogP contribution in [-0.2, 0) is 16.0 Å². The fraction of sp³-hybridized carbons (Fsp3) is 0.222. The molecule has 0 aromatic heterocycles. The molecule has 26 heavy (non-hydrogen) atoms. The van der Waals surface area contributed by atoms with Crippen molar-refractivity contribution in [2.75, 3.05) is 13.7 Å². The first kappa shape index (κ1) is 20.3. The van der Waals surface area contributed by atoms with Crippen LogP contribution in [0.5, 0.6) is 11.5 Å². The Morgan fingerprint density at radius 1 is 1.04 bits per heavy atom. The average molecular weight is 486 g/mol. The molecule has 2 N–H and O–H groups in total. The third kappa shape index (κ3) is 6.03. The van der Waals surface area contributed by atoms with E-state index in [-0.39, 0.29) is 18.9 Å². The third-order valence-electron chi connectivity index (χ3n) is 3.41. The number of hydrazine groups is 1. The molecule has 0 unspecified atom stereocenters. The highest BCUT2D eigenvalue weighted by atomic mass is 79.9. The Labute approximate surface area is 168 Å². The van der Waals surface area contributed by atoms with Crippen LogP contribution in [0.4, 0.5) is 0 Å². The van der Waals surface area contributed by atoms with Gasteiger partial charge in [-0.05, 0) is 58.2 Å². The Bertz CT molecular complexity index is 771. The first-order valence-electron chi connectivity index (χ1n) is 7.68. The van der Waals surface area contributed by atoms with Gasteiger partial charge < -0.3 is 9.47 Å². The predicted octanol–water partition coefficient (Wildman–Crippen LogP) is 3.30. The molecule has 0 saturated heterocycles. The number of halogens is 2. The second-order valence-electron chi connectivity index (χ2n) is 5.44. The van der Waals surface area contributed by atoms with Crippen LogP contribution in [0.3, 0.4) is 0 Å². The van der Waals surface area contributed by atoms with Gasteiger partial charge in [0.1, 0.15) is 11.5 Å². The van der Waals surface area contributed by atoms with E-state index in [0.29, 0.717) is 11.5 Å². The number of hydrogen-bond donors (Lipinski definition) is 2. The minimum absolute atomic E-state index is 0.141. The zero-order chi connectivity index (χ0) is 19.1. The number of amides is 2. The Morgan fingerprint density at radius 2 is 1.69 bits per heavy atom. The van der Waals surface area contributed by atoms with Gasteiger partial charge in [-0.2, -0.15) is 0 Å². The zero-order valence-corrected chi connectivity index (χ0v) is 17.4. The van der Waals surface area contributed by atoms with Crippen LogP contribution in [0.15, 0.2) is 45.3 Å². The summed E-state index contributed by atoms with van der Waals surface area (Å²) in [6.07, 6.45) is 0.141. The lowest BCUT2D eigenvalue weighted by molar-refractivity contribution is -0.129. The Balaban J connectivity index is 1.78. The van der Waals surface area contributed by atoms with E-state index in [0.717, 1.165) is 20.1 Å². The highest BCUT2D eigenvalue weighted by Crippen LogP contribution is 2.32. The fourth-order valence-corrected chi connectivity index (χ4v) is 3.71. The Hall–Kier alpha value is -2.06. The molecule has 2 aromatic carbocycles. The first-order chi connectivity index (χ1) is 12.4. The molecule has 0 spiro atoms. The van der Waals surface area contributed by atoms with Crippen molar-refractivity contribution in [2.45, 2.75) is 13.3 Å². The molecule has 0 radical (unpaired) electrons. The van der Waals surface area contributed by atoms with Crippen LogP contribution in [0.1, 0.15) is 11.1 Å². The van der Waals surface area contributed by atoms with E-state index in [1.807, 2.05) is 19.1 Å². The van der Waals surface area contributed by atoms with Gasteiger partial charge in [0, 0.05) is 4.47 Å². The highest BCUT2D eigenvalue weighted by Gasteiger charge is 2.11.